The summed E-state index contributed by atoms with van der Waals surface area (Å²) in [6.45, 7) is 3.40. The summed E-state index contributed by atoms with van der Waals surface area (Å²) in [6, 6.07) is 16.7. The Kier molecular flexibility index (Phi) is 3.76. The van der Waals surface area contributed by atoms with E-state index in [0.717, 1.165) is 5.75 Å². The summed E-state index contributed by atoms with van der Waals surface area (Å²) in [4.78, 5) is 11.2. The van der Waals surface area contributed by atoms with E-state index in [-0.39, 0.29) is 5.91 Å². The summed E-state index contributed by atoms with van der Waals surface area (Å²) in [5.74, 6) is 1.18. The fourth-order valence-corrected chi connectivity index (χ4v) is 1.46. The summed E-state index contributed by atoms with van der Waals surface area (Å²) in [5, 5.41) is 2.68. The molecule has 0 aliphatic carbocycles. The molecule has 0 atom stereocenters. The maximum Gasteiger partial charge on any atom is 0.247 e. The minimum atomic E-state index is -0.244. The van der Waals surface area contributed by atoms with Crippen LogP contribution in [0.3, 0.4) is 0 Å². The zero-order valence-corrected chi connectivity index (χ0v) is 9.80. The summed E-state index contributed by atoms with van der Waals surface area (Å²) >= 11 is 0. The van der Waals surface area contributed by atoms with E-state index in [0.29, 0.717) is 11.4 Å². The number of hydrogen-bond donors (Lipinski definition) is 1. The lowest BCUT2D eigenvalue weighted by molar-refractivity contribution is -0.111. The molecule has 0 bridgehead atoms. The molecule has 0 aliphatic heterocycles. The molecule has 0 spiro atoms. The second-order valence-corrected chi connectivity index (χ2v) is 3.64. The van der Waals surface area contributed by atoms with Crippen molar-refractivity contribution in [3.05, 3.63) is 67.3 Å². The predicted octanol–water partition coefficient (Wildman–Crippen LogP) is 3.60. The van der Waals surface area contributed by atoms with Crippen molar-refractivity contribution >= 4 is 11.6 Å². The molecule has 0 saturated carbocycles. The Hall–Kier alpha value is -2.55. The third-order valence-corrected chi connectivity index (χ3v) is 2.27. The Morgan fingerprint density at radius 3 is 2.50 bits per heavy atom. The molecule has 0 fully saturated rings. The highest BCUT2D eigenvalue weighted by molar-refractivity contribution is 5.98. The van der Waals surface area contributed by atoms with Gasteiger partial charge in [-0.15, -0.1) is 0 Å². The SMILES string of the molecule is C=CC(=O)Nc1cccc(Oc2ccccc2)c1. The molecule has 3 nitrogen and oxygen atoms in total. The van der Waals surface area contributed by atoms with Gasteiger partial charge in [0.25, 0.3) is 0 Å². The lowest BCUT2D eigenvalue weighted by atomic mass is 10.3. The molecule has 3 heteroatoms. The number of benzene rings is 2. The van der Waals surface area contributed by atoms with Crippen LogP contribution in [0.2, 0.25) is 0 Å². The predicted molar refractivity (Wildman–Crippen MR) is 71.8 cm³/mol. The van der Waals surface area contributed by atoms with Crippen molar-refractivity contribution in [2.75, 3.05) is 5.32 Å². The molecule has 0 unspecified atom stereocenters. The second kappa shape index (κ2) is 5.68. The molecule has 1 N–H and O–H groups in total. The summed E-state index contributed by atoms with van der Waals surface area (Å²) < 4.78 is 5.66. The Balaban J connectivity index is 2.12. The zero-order valence-electron chi connectivity index (χ0n) is 9.80. The molecule has 1 amide bonds. The van der Waals surface area contributed by atoms with Crippen molar-refractivity contribution in [2.45, 2.75) is 0 Å². The molecular weight excluding hydrogens is 226 g/mol. The van der Waals surface area contributed by atoms with E-state index in [1.165, 1.54) is 6.08 Å². The molecule has 2 aromatic rings. The van der Waals surface area contributed by atoms with Crippen molar-refractivity contribution in [3.63, 3.8) is 0 Å². The van der Waals surface area contributed by atoms with E-state index in [1.54, 1.807) is 12.1 Å². The van der Waals surface area contributed by atoms with Gasteiger partial charge < -0.3 is 10.1 Å². The van der Waals surface area contributed by atoms with E-state index in [4.69, 9.17) is 4.74 Å². The van der Waals surface area contributed by atoms with Crippen LogP contribution in [0.4, 0.5) is 5.69 Å². The number of para-hydroxylation sites is 1. The molecule has 0 aliphatic rings. The average molecular weight is 239 g/mol. The summed E-state index contributed by atoms with van der Waals surface area (Å²) in [6.07, 6.45) is 1.23. The number of amides is 1. The van der Waals surface area contributed by atoms with Crippen LogP contribution in [-0.4, -0.2) is 5.91 Å². The number of carbonyl (C=O) groups is 1. The molecule has 0 radical (unpaired) electrons. The van der Waals surface area contributed by atoms with Crippen LogP contribution in [0, 0.1) is 0 Å². The van der Waals surface area contributed by atoms with Crippen LogP contribution >= 0.6 is 0 Å². The van der Waals surface area contributed by atoms with E-state index < -0.39 is 0 Å². The minimum absolute atomic E-state index is 0.244. The third kappa shape index (κ3) is 3.22. The first kappa shape index (κ1) is 11.9. The van der Waals surface area contributed by atoms with Crippen molar-refractivity contribution in [2.24, 2.45) is 0 Å². The smallest absolute Gasteiger partial charge is 0.247 e. The number of nitrogens with one attached hydrogen (secondary N) is 1. The normalized spacial score (nSPS) is 9.56. The van der Waals surface area contributed by atoms with Gasteiger partial charge in [-0.25, -0.2) is 0 Å². The quantitative estimate of drug-likeness (QED) is 0.828. The third-order valence-electron chi connectivity index (χ3n) is 2.27. The number of rotatable bonds is 4. The van der Waals surface area contributed by atoms with Gasteiger partial charge in [0.1, 0.15) is 11.5 Å². The number of anilines is 1. The van der Waals surface area contributed by atoms with E-state index in [2.05, 4.69) is 11.9 Å². The highest BCUT2D eigenvalue weighted by Crippen LogP contribution is 2.23. The highest BCUT2D eigenvalue weighted by atomic mass is 16.5. The van der Waals surface area contributed by atoms with Gasteiger partial charge in [0.05, 0.1) is 0 Å². The van der Waals surface area contributed by atoms with Crippen LogP contribution in [-0.2, 0) is 4.79 Å². The minimum Gasteiger partial charge on any atom is -0.457 e. The van der Waals surface area contributed by atoms with E-state index in [1.807, 2.05) is 42.5 Å². The second-order valence-electron chi connectivity index (χ2n) is 3.64. The maximum absolute atomic E-state index is 11.2. The average Bonchev–Trinajstić information content (AvgIpc) is 2.40. The van der Waals surface area contributed by atoms with Crippen LogP contribution < -0.4 is 10.1 Å². The van der Waals surface area contributed by atoms with Gasteiger partial charge in [-0.3, -0.25) is 4.79 Å². The number of hydrogen-bond acceptors (Lipinski definition) is 2. The lowest BCUT2D eigenvalue weighted by Crippen LogP contribution is -2.06. The van der Waals surface area contributed by atoms with Crippen molar-refractivity contribution in [1.29, 1.82) is 0 Å². The summed E-state index contributed by atoms with van der Waals surface area (Å²) in [5.41, 5.74) is 0.674. The molecule has 0 heterocycles. The highest BCUT2D eigenvalue weighted by Gasteiger charge is 2.00. The molecule has 90 valence electrons. The molecule has 2 aromatic carbocycles. The first-order valence-corrected chi connectivity index (χ1v) is 5.54. The van der Waals surface area contributed by atoms with Crippen molar-refractivity contribution in [3.8, 4) is 11.5 Å². The summed E-state index contributed by atoms with van der Waals surface area (Å²) in [7, 11) is 0. The Morgan fingerprint density at radius 2 is 1.78 bits per heavy atom. The van der Waals surface area contributed by atoms with Gasteiger partial charge in [0, 0.05) is 11.8 Å². The van der Waals surface area contributed by atoms with Gasteiger partial charge in [-0.05, 0) is 30.3 Å². The van der Waals surface area contributed by atoms with Gasteiger partial charge in [0.15, 0.2) is 0 Å². The van der Waals surface area contributed by atoms with Crippen LogP contribution in [0.15, 0.2) is 67.3 Å². The Labute approximate surface area is 106 Å². The van der Waals surface area contributed by atoms with Gasteiger partial charge in [-0.2, -0.15) is 0 Å². The monoisotopic (exact) mass is 239 g/mol. The first-order valence-electron chi connectivity index (χ1n) is 5.54. The zero-order chi connectivity index (χ0) is 12.8. The van der Waals surface area contributed by atoms with Crippen LogP contribution in [0.5, 0.6) is 11.5 Å². The lowest BCUT2D eigenvalue weighted by Gasteiger charge is -2.07. The number of carbonyl (C=O) groups excluding carboxylic acids is 1. The van der Waals surface area contributed by atoms with Gasteiger partial charge in [-0.1, -0.05) is 30.8 Å². The molecule has 0 saturated heterocycles. The van der Waals surface area contributed by atoms with Crippen molar-refractivity contribution in [1.82, 2.24) is 0 Å². The van der Waals surface area contributed by atoms with Gasteiger partial charge in [0.2, 0.25) is 5.91 Å². The van der Waals surface area contributed by atoms with E-state index in [9.17, 15) is 4.79 Å². The topological polar surface area (TPSA) is 38.3 Å². The first-order chi connectivity index (χ1) is 8.78. The number of ether oxygens (including phenoxy) is 1. The maximum atomic E-state index is 11.2. The standard InChI is InChI=1S/C15H13NO2/c1-2-15(17)16-12-7-6-10-14(11-12)18-13-8-4-3-5-9-13/h2-11H,1H2,(H,16,17). The van der Waals surface area contributed by atoms with E-state index >= 15 is 0 Å². The molecule has 2 rings (SSSR count). The Morgan fingerprint density at radius 1 is 1.06 bits per heavy atom. The van der Waals surface area contributed by atoms with Crippen LogP contribution in [0.25, 0.3) is 0 Å². The molecular formula is C15H13NO2. The molecule has 0 aromatic heterocycles. The Bertz CT molecular complexity index is 549. The van der Waals surface area contributed by atoms with Gasteiger partial charge >= 0.3 is 0 Å². The van der Waals surface area contributed by atoms with Crippen LogP contribution in [0.1, 0.15) is 0 Å². The fourth-order valence-electron chi connectivity index (χ4n) is 1.46. The fraction of sp³-hybridized carbons (Fsp3) is 0. The molecule has 18 heavy (non-hydrogen) atoms. The van der Waals surface area contributed by atoms with Crippen molar-refractivity contribution < 1.29 is 9.53 Å². The largest absolute Gasteiger partial charge is 0.457 e.